The molecule has 0 saturated heterocycles. The summed E-state index contributed by atoms with van der Waals surface area (Å²) in [6, 6.07) is 7.47. The number of esters is 1. The maximum Gasteiger partial charge on any atom is 0.345 e. The van der Waals surface area contributed by atoms with Crippen molar-refractivity contribution in [3.63, 3.8) is 0 Å². The molecule has 0 spiro atoms. The summed E-state index contributed by atoms with van der Waals surface area (Å²) in [5.74, 6) is 0.613. The number of rotatable bonds is 6. The van der Waals surface area contributed by atoms with Crippen LogP contribution in [0.25, 0.3) is 0 Å². The van der Waals surface area contributed by atoms with Crippen LogP contribution in [0, 0.1) is 6.92 Å². The summed E-state index contributed by atoms with van der Waals surface area (Å²) in [5.41, 5.74) is 1.81. The summed E-state index contributed by atoms with van der Waals surface area (Å²) in [5, 5.41) is 0.0683. The second-order valence-electron chi connectivity index (χ2n) is 4.79. The largest absolute Gasteiger partial charge is 0.497 e. The van der Waals surface area contributed by atoms with Gasteiger partial charge in [-0.3, -0.25) is 0 Å². The van der Waals surface area contributed by atoms with E-state index in [1.807, 2.05) is 24.3 Å². The number of hydrogen-bond acceptors (Lipinski definition) is 5. The van der Waals surface area contributed by atoms with Gasteiger partial charge in [0.1, 0.15) is 28.8 Å². The van der Waals surface area contributed by atoms with E-state index in [1.165, 1.54) is 0 Å². The summed E-state index contributed by atoms with van der Waals surface area (Å²) in [6.07, 6.45) is 1.56. The van der Waals surface area contributed by atoms with Crippen LogP contribution in [-0.4, -0.2) is 24.7 Å². The van der Waals surface area contributed by atoms with E-state index in [2.05, 4.69) is 4.98 Å². The number of carbonyl (C=O) groups is 1. The number of nitrogens with zero attached hydrogens (tertiary/aromatic N) is 1. The van der Waals surface area contributed by atoms with E-state index in [9.17, 15) is 4.79 Å². The van der Waals surface area contributed by atoms with Crippen molar-refractivity contribution in [1.82, 2.24) is 4.98 Å². The molecule has 6 heteroatoms. The quantitative estimate of drug-likeness (QED) is 0.593. The first-order valence-electron chi connectivity index (χ1n) is 7.14. The Morgan fingerprint density at radius 2 is 1.96 bits per heavy atom. The maximum absolute atomic E-state index is 12.1. The lowest BCUT2D eigenvalue weighted by atomic mass is 10.2. The smallest absolute Gasteiger partial charge is 0.345 e. The van der Waals surface area contributed by atoms with Crippen LogP contribution in [0.5, 0.6) is 11.5 Å². The van der Waals surface area contributed by atoms with Crippen LogP contribution in [-0.2, 0) is 11.3 Å². The summed E-state index contributed by atoms with van der Waals surface area (Å²) >= 11 is 6.04. The fraction of sp³-hybridized carbons (Fsp3) is 0.294. The molecule has 0 amide bonds. The van der Waals surface area contributed by atoms with Crippen molar-refractivity contribution in [3.8, 4) is 11.5 Å². The third-order valence-corrected chi connectivity index (χ3v) is 3.47. The number of methoxy groups -OCH3 is 1. The summed E-state index contributed by atoms with van der Waals surface area (Å²) in [7, 11) is 1.61. The van der Waals surface area contributed by atoms with Crippen molar-refractivity contribution in [1.29, 1.82) is 0 Å². The Hall–Kier alpha value is -2.27. The van der Waals surface area contributed by atoms with Crippen LogP contribution in [0.2, 0.25) is 5.15 Å². The van der Waals surface area contributed by atoms with Crippen molar-refractivity contribution in [2.24, 2.45) is 0 Å². The highest BCUT2D eigenvalue weighted by molar-refractivity contribution is 6.32. The van der Waals surface area contributed by atoms with Gasteiger partial charge in [0.25, 0.3) is 0 Å². The van der Waals surface area contributed by atoms with E-state index >= 15 is 0 Å². The van der Waals surface area contributed by atoms with Crippen LogP contribution >= 0.6 is 11.6 Å². The zero-order valence-corrected chi connectivity index (χ0v) is 14.0. The minimum Gasteiger partial charge on any atom is -0.497 e. The second kappa shape index (κ2) is 7.83. The lowest BCUT2D eigenvalue weighted by molar-refractivity contribution is 0.0520. The number of aromatic nitrogens is 1. The normalized spacial score (nSPS) is 10.3. The average Bonchev–Trinajstić information content (AvgIpc) is 2.56. The molecule has 0 aliphatic heterocycles. The van der Waals surface area contributed by atoms with E-state index in [4.69, 9.17) is 25.8 Å². The molecule has 122 valence electrons. The Labute approximate surface area is 140 Å². The predicted octanol–water partition coefficient (Wildman–Crippen LogP) is 3.81. The highest BCUT2D eigenvalue weighted by Crippen LogP contribution is 2.30. The molecule has 1 aromatic heterocycles. The zero-order chi connectivity index (χ0) is 16.8. The topological polar surface area (TPSA) is 57.7 Å². The molecular formula is C17H18ClNO4. The average molecular weight is 336 g/mol. The third-order valence-electron chi connectivity index (χ3n) is 3.18. The first-order valence-corrected chi connectivity index (χ1v) is 7.52. The maximum atomic E-state index is 12.1. The number of hydrogen-bond donors (Lipinski definition) is 0. The van der Waals surface area contributed by atoms with Gasteiger partial charge in [-0.15, -0.1) is 0 Å². The summed E-state index contributed by atoms with van der Waals surface area (Å²) < 4.78 is 16.0. The number of benzene rings is 1. The lowest BCUT2D eigenvalue weighted by Crippen LogP contribution is -2.11. The molecule has 5 nitrogen and oxygen atoms in total. The van der Waals surface area contributed by atoms with Crippen LogP contribution in [0.3, 0.4) is 0 Å². The van der Waals surface area contributed by atoms with Crippen molar-refractivity contribution < 1.29 is 19.0 Å². The van der Waals surface area contributed by atoms with Crippen molar-refractivity contribution in [2.75, 3.05) is 13.7 Å². The highest BCUT2D eigenvalue weighted by Gasteiger charge is 2.21. The predicted molar refractivity (Wildman–Crippen MR) is 87.3 cm³/mol. The third kappa shape index (κ3) is 4.13. The minimum absolute atomic E-state index is 0.0683. The van der Waals surface area contributed by atoms with Gasteiger partial charge in [-0.05, 0) is 31.5 Å². The Morgan fingerprint density at radius 3 is 2.57 bits per heavy atom. The van der Waals surface area contributed by atoms with Gasteiger partial charge in [0, 0.05) is 11.8 Å². The molecule has 2 rings (SSSR count). The lowest BCUT2D eigenvalue weighted by Gasteiger charge is -2.14. The van der Waals surface area contributed by atoms with Crippen molar-refractivity contribution in [3.05, 3.63) is 52.3 Å². The van der Waals surface area contributed by atoms with Crippen LogP contribution in [0.15, 0.2) is 30.5 Å². The first kappa shape index (κ1) is 17.1. The molecule has 0 fully saturated rings. The Balaban J connectivity index is 2.24. The molecule has 0 unspecified atom stereocenters. The van der Waals surface area contributed by atoms with Gasteiger partial charge < -0.3 is 14.2 Å². The van der Waals surface area contributed by atoms with Crippen LogP contribution in [0.1, 0.15) is 28.4 Å². The fourth-order valence-electron chi connectivity index (χ4n) is 2.01. The zero-order valence-electron chi connectivity index (χ0n) is 13.3. The standard InChI is InChI=1S/C17H18ClNO4/c1-4-22-17(20)14-15(11(2)9-19-16(14)18)23-10-12-5-7-13(21-3)8-6-12/h5-9H,4,10H2,1-3H3. The molecule has 0 radical (unpaired) electrons. The van der Waals surface area contributed by atoms with E-state index in [1.54, 1.807) is 27.2 Å². The minimum atomic E-state index is -0.543. The summed E-state index contributed by atoms with van der Waals surface area (Å²) in [6.45, 7) is 4.07. The molecule has 0 aliphatic rings. The van der Waals surface area contributed by atoms with Gasteiger partial charge in [-0.2, -0.15) is 0 Å². The van der Waals surface area contributed by atoms with E-state index in [0.717, 1.165) is 11.3 Å². The number of ether oxygens (including phenoxy) is 3. The van der Waals surface area contributed by atoms with E-state index in [-0.39, 0.29) is 23.9 Å². The number of halogens is 1. The van der Waals surface area contributed by atoms with Gasteiger partial charge in [0.05, 0.1) is 13.7 Å². The SMILES string of the molecule is CCOC(=O)c1c(Cl)ncc(C)c1OCc1ccc(OC)cc1. The molecule has 0 saturated carbocycles. The molecule has 1 heterocycles. The fourth-order valence-corrected chi connectivity index (χ4v) is 2.22. The monoisotopic (exact) mass is 335 g/mol. The van der Waals surface area contributed by atoms with E-state index in [0.29, 0.717) is 11.3 Å². The van der Waals surface area contributed by atoms with Gasteiger partial charge in [-0.25, -0.2) is 9.78 Å². The molecular weight excluding hydrogens is 318 g/mol. The van der Waals surface area contributed by atoms with Gasteiger partial charge in [0.15, 0.2) is 0 Å². The first-order chi connectivity index (χ1) is 11.1. The van der Waals surface area contributed by atoms with Gasteiger partial charge in [-0.1, -0.05) is 23.7 Å². The molecule has 2 aromatic rings. The van der Waals surface area contributed by atoms with Crippen LogP contribution in [0.4, 0.5) is 0 Å². The number of carbonyl (C=O) groups excluding carboxylic acids is 1. The Morgan fingerprint density at radius 1 is 1.26 bits per heavy atom. The molecule has 0 aliphatic carbocycles. The highest BCUT2D eigenvalue weighted by atomic mass is 35.5. The number of pyridine rings is 1. The molecule has 0 atom stereocenters. The van der Waals surface area contributed by atoms with Crippen molar-refractivity contribution >= 4 is 17.6 Å². The van der Waals surface area contributed by atoms with Crippen LogP contribution < -0.4 is 9.47 Å². The van der Waals surface area contributed by atoms with E-state index < -0.39 is 5.97 Å². The summed E-state index contributed by atoms with van der Waals surface area (Å²) in [4.78, 5) is 16.1. The number of aryl methyl sites for hydroxylation is 1. The van der Waals surface area contributed by atoms with Gasteiger partial charge in [0.2, 0.25) is 0 Å². The Bertz CT molecular complexity index is 686. The van der Waals surface area contributed by atoms with Gasteiger partial charge >= 0.3 is 5.97 Å². The molecule has 0 bridgehead atoms. The molecule has 23 heavy (non-hydrogen) atoms. The molecule has 1 aromatic carbocycles. The second-order valence-corrected chi connectivity index (χ2v) is 5.15. The Kier molecular flexibility index (Phi) is 5.82. The molecule has 0 N–H and O–H groups in total. The van der Waals surface area contributed by atoms with Crippen molar-refractivity contribution in [2.45, 2.75) is 20.5 Å².